The Hall–Kier alpha value is -3.63. The lowest BCUT2D eigenvalue weighted by Gasteiger charge is -2.37. The molecule has 3 aromatic rings. The van der Waals surface area contributed by atoms with Crippen molar-refractivity contribution in [1.82, 2.24) is 0 Å². The van der Waals surface area contributed by atoms with E-state index >= 15 is 0 Å². The highest BCUT2D eigenvalue weighted by Gasteiger charge is 2.39. The molecule has 0 spiro atoms. The number of benzene rings is 3. The van der Waals surface area contributed by atoms with E-state index in [9.17, 15) is 27.1 Å². The number of anilines is 1. The van der Waals surface area contributed by atoms with Crippen LogP contribution in [0.2, 0.25) is 5.02 Å². The van der Waals surface area contributed by atoms with Crippen molar-refractivity contribution < 1.29 is 36.6 Å². The summed E-state index contributed by atoms with van der Waals surface area (Å²) in [5, 5.41) is 9.82. The second-order valence-electron chi connectivity index (χ2n) is 9.66. The Bertz CT molecular complexity index is 1540. The minimum Gasteiger partial charge on any atom is -0.494 e. The van der Waals surface area contributed by atoms with Crippen LogP contribution < -0.4 is 13.8 Å². The summed E-state index contributed by atoms with van der Waals surface area (Å²) in [7, 11) is -3.05. The quantitative estimate of drug-likeness (QED) is 0.318. The van der Waals surface area contributed by atoms with Crippen molar-refractivity contribution in [3.05, 3.63) is 82.4 Å². The zero-order valence-electron chi connectivity index (χ0n) is 21.3. The van der Waals surface area contributed by atoms with Crippen LogP contribution in [-0.2, 0) is 14.8 Å². The molecule has 1 aliphatic rings. The zero-order valence-corrected chi connectivity index (χ0v) is 22.9. The van der Waals surface area contributed by atoms with Crippen LogP contribution in [0, 0.1) is 17.0 Å². The number of hydrogen-bond donors (Lipinski definition) is 1. The summed E-state index contributed by atoms with van der Waals surface area (Å²) >= 11 is 6.11. The van der Waals surface area contributed by atoms with Crippen molar-refractivity contribution in [2.24, 2.45) is 5.41 Å². The van der Waals surface area contributed by atoms with Gasteiger partial charge in [0.05, 0.1) is 34.7 Å². The fourth-order valence-corrected chi connectivity index (χ4v) is 5.94. The first-order chi connectivity index (χ1) is 18.3. The molecule has 1 heterocycles. The van der Waals surface area contributed by atoms with Gasteiger partial charge in [0.15, 0.2) is 11.6 Å². The summed E-state index contributed by atoms with van der Waals surface area (Å²) < 4.78 is 68.1. The fourth-order valence-electron chi connectivity index (χ4n) is 4.20. The van der Waals surface area contributed by atoms with E-state index in [-0.39, 0.29) is 45.6 Å². The largest absolute Gasteiger partial charge is 0.494 e. The van der Waals surface area contributed by atoms with Crippen LogP contribution in [0.15, 0.2) is 59.5 Å². The minimum absolute atomic E-state index is 0.0218. The number of carboxylic acid groups (broad SMARTS) is 1. The summed E-state index contributed by atoms with van der Waals surface area (Å²) in [5.41, 5.74) is -0.312. The Morgan fingerprint density at radius 1 is 1.15 bits per heavy atom. The van der Waals surface area contributed by atoms with Crippen LogP contribution in [0.4, 0.5) is 14.5 Å². The predicted molar refractivity (Wildman–Crippen MR) is 145 cm³/mol. The molecule has 0 fully saturated rings. The maximum absolute atomic E-state index is 14.2. The van der Waals surface area contributed by atoms with E-state index in [1.807, 2.05) is 0 Å². The first-order valence-electron chi connectivity index (χ1n) is 11.9. The molecule has 4 rings (SSSR count). The van der Waals surface area contributed by atoms with Gasteiger partial charge in [-0.1, -0.05) is 29.8 Å². The Balaban J connectivity index is 1.79. The molecular weight excluding hydrogens is 552 g/mol. The van der Waals surface area contributed by atoms with Gasteiger partial charge in [-0.2, -0.15) is 0 Å². The molecule has 39 heavy (non-hydrogen) atoms. The molecule has 0 amide bonds. The van der Waals surface area contributed by atoms with Gasteiger partial charge in [0, 0.05) is 18.1 Å². The molecule has 0 aromatic heterocycles. The lowest BCUT2D eigenvalue weighted by Crippen LogP contribution is -2.46. The molecule has 1 N–H and O–H groups in total. The molecule has 0 unspecified atom stereocenters. The standard InChI is InChI=1S/C28H26ClF2NO6S/c1-28(2,27(33)34)15-18-16-32(39(35,36)19-9-11-23(31)26(14-19)37-3)24-13-17(8-12-25(24)38-18)7-10-20-21(29)5-4-6-22(20)30/h4-14,18H,15-16H2,1-3H3,(H,33,34)/b10-7+/t18-/m0/s1. The average molecular weight is 578 g/mol. The number of methoxy groups -OCH3 is 1. The number of hydrogen-bond acceptors (Lipinski definition) is 5. The molecule has 3 aromatic carbocycles. The summed E-state index contributed by atoms with van der Waals surface area (Å²) in [6.45, 7) is 2.86. The van der Waals surface area contributed by atoms with E-state index in [2.05, 4.69) is 0 Å². The van der Waals surface area contributed by atoms with Crippen LogP contribution in [0.25, 0.3) is 12.2 Å². The molecular formula is C28H26ClF2NO6S. The SMILES string of the molecule is COc1cc(S(=O)(=O)N2C[C@H](CC(C)(C)C(=O)O)Oc3ccc(/C=C/c4c(F)cccc4Cl)cc32)ccc1F. The molecule has 1 atom stereocenters. The Morgan fingerprint density at radius 2 is 1.90 bits per heavy atom. The van der Waals surface area contributed by atoms with Crippen molar-refractivity contribution in [2.45, 2.75) is 31.3 Å². The number of ether oxygens (including phenoxy) is 2. The van der Waals surface area contributed by atoms with Gasteiger partial charge in [-0.25, -0.2) is 17.2 Å². The molecule has 11 heteroatoms. The van der Waals surface area contributed by atoms with Crippen LogP contribution in [0.1, 0.15) is 31.4 Å². The Morgan fingerprint density at radius 3 is 2.56 bits per heavy atom. The van der Waals surface area contributed by atoms with Crippen molar-refractivity contribution in [3.63, 3.8) is 0 Å². The van der Waals surface area contributed by atoms with Gasteiger partial charge in [-0.05, 0) is 61.9 Å². The third-order valence-corrected chi connectivity index (χ3v) is 8.49. The fraction of sp³-hybridized carbons (Fsp3) is 0.250. The van der Waals surface area contributed by atoms with Crippen molar-refractivity contribution >= 4 is 45.4 Å². The molecule has 0 saturated carbocycles. The lowest BCUT2D eigenvalue weighted by atomic mass is 9.86. The molecule has 206 valence electrons. The van der Waals surface area contributed by atoms with Crippen LogP contribution in [0.3, 0.4) is 0 Å². The van der Waals surface area contributed by atoms with Crippen LogP contribution >= 0.6 is 11.6 Å². The number of carboxylic acids is 1. The summed E-state index contributed by atoms with van der Waals surface area (Å²) in [4.78, 5) is 11.5. The summed E-state index contributed by atoms with van der Waals surface area (Å²) in [6, 6.07) is 12.3. The lowest BCUT2D eigenvalue weighted by molar-refractivity contribution is -0.148. The van der Waals surface area contributed by atoms with Gasteiger partial charge in [-0.15, -0.1) is 0 Å². The van der Waals surface area contributed by atoms with E-state index in [4.69, 9.17) is 21.1 Å². The number of halogens is 3. The van der Waals surface area contributed by atoms with Gasteiger partial charge in [0.2, 0.25) is 0 Å². The molecule has 0 aliphatic carbocycles. The molecule has 0 radical (unpaired) electrons. The first kappa shape index (κ1) is 28.4. The number of carbonyl (C=O) groups is 1. The summed E-state index contributed by atoms with van der Waals surface area (Å²) in [5.74, 6) is -2.32. The summed E-state index contributed by atoms with van der Waals surface area (Å²) in [6.07, 6.45) is 2.29. The van der Waals surface area contributed by atoms with Crippen molar-refractivity contribution in [1.29, 1.82) is 0 Å². The smallest absolute Gasteiger partial charge is 0.309 e. The zero-order chi connectivity index (χ0) is 28.5. The second-order valence-corrected chi connectivity index (χ2v) is 11.9. The maximum atomic E-state index is 14.2. The maximum Gasteiger partial charge on any atom is 0.309 e. The second kappa shape index (κ2) is 10.9. The van der Waals surface area contributed by atoms with Crippen molar-refractivity contribution in [3.8, 4) is 11.5 Å². The number of sulfonamides is 1. The number of fused-ring (bicyclic) bond motifs is 1. The van der Waals surface area contributed by atoms with Crippen molar-refractivity contribution in [2.75, 3.05) is 18.0 Å². The van der Waals surface area contributed by atoms with Gasteiger partial charge < -0.3 is 14.6 Å². The minimum atomic E-state index is -4.28. The van der Waals surface area contributed by atoms with E-state index in [1.54, 1.807) is 30.3 Å². The highest BCUT2D eigenvalue weighted by atomic mass is 35.5. The molecule has 1 aliphatic heterocycles. The monoisotopic (exact) mass is 577 g/mol. The molecule has 0 bridgehead atoms. The highest BCUT2D eigenvalue weighted by Crippen LogP contribution is 2.41. The molecule has 7 nitrogen and oxygen atoms in total. The predicted octanol–water partition coefficient (Wildman–Crippen LogP) is 6.25. The van der Waals surface area contributed by atoms with E-state index < -0.39 is 39.1 Å². The third-order valence-electron chi connectivity index (χ3n) is 6.38. The first-order valence-corrected chi connectivity index (χ1v) is 13.7. The third kappa shape index (κ3) is 5.86. The van der Waals surface area contributed by atoms with Crippen LogP contribution in [-0.4, -0.2) is 39.3 Å². The topological polar surface area (TPSA) is 93.1 Å². The van der Waals surface area contributed by atoms with Gasteiger partial charge in [0.25, 0.3) is 10.0 Å². The van der Waals surface area contributed by atoms with Gasteiger partial charge in [-0.3, -0.25) is 9.10 Å². The highest BCUT2D eigenvalue weighted by molar-refractivity contribution is 7.92. The normalized spacial score (nSPS) is 15.6. The van der Waals surface area contributed by atoms with Gasteiger partial charge in [0.1, 0.15) is 17.7 Å². The number of rotatable bonds is 8. The Labute approximate surface area is 230 Å². The van der Waals surface area contributed by atoms with Crippen LogP contribution in [0.5, 0.6) is 11.5 Å². The number of nitrogens with zero attached hydrogens (tertiary/aromatic N) is 1. The molecule has 0 saturated heterocycles. The number of aliphatic carboxylic acids is 1. The van der Waals surface area contributed by atoms with E-state index in [1.165, 1.54) is 39.2 Å². The Kier molecular flexibility index (Phi) is 7.90. The van der Waals surface area contributed by atoms with E-state index in [0.29, 0.717) is 5.56 Å². The van der Waals surface area contributed by atoms with Gasteiger partial charge >= 0.3 is 5.97 Å². The van der Waals surface area contributed by atoms with E-state index in [0.717, 1.165) is 22.5 Å². The average Bonchev–Trinajstić information content (AvgIpc) is 2.87.